The first kappa shape index (κ1) is 15.0. The Labute approximate surface area is 114 Å². The Hall–Kier alpha value is -1.06. The normalized spacial score (nSPS) is 11.8. The largest absolute Gasteiger partial charge is 0.387 e. The Bertz CT molecular complexity index is 398. The van der Waals surface area contributed by atoms with Crippen LogP contribution in [-0.4, -0.2) is 24.3 Å². The van der Waals surface area contributed by atoms with Gasteiger partial charge in [-0.1, -0.05) is 37.6 Å². The molecule has 100 valence electrons. The smallest absolute Gasteiger partial charge is 0.0963 e. The molecule has 1 aromatic rings. The Morgan fingerprint density at radius 2 is 1.89 bits per heavy atom. The highest BCUT2D eigenvalue weighted by Crippen LogP contribution is 2.20. The lowest BCUT2D eigenvalue weighted by atomic mass is 9.88. The first-order chi connectivity index (χ1) is 8.31. The first-order valence-corrected chi connectivity index (χ1v) is 6.46. The fraction of sp³-hybridized carbons (Fsp3) is 0.500. The van der Waals surface area contributed by atoms with Crippen molar-refractivity contribution in [3.8, 4) is 0 Å². The van der Waals surface area contributed by atoms with Crippen LogP contribution >= 0.6 is 11.6 Å². The van der Waals surface area contributed by atoms with Crippen LogP contribution in [0.4, 0.5) is 0 Å². The molecule has 0 unspecified atom stereocenters. The van der Waals surface area contributed by atoms with Crippen LogP contribution in [0.2, 0.25) is 5.02 Å². The monoisotopic (exact) mass is 267 g/mol. The summed E-state index contributed by atoms with van der Waals surface area (Å²) in [6.45, 7) is 5.80. The van der Waals surface area contributed by atoms with Crippen LogP contribution in [0.3, 0.4) is 0 Å². The molecule has 0 atom stereocenters. The van der Waals surface area contributed by atoms with Crippen LogP contribution in [-0.2, 0) is 6.54 Å². The maximum atomic E-state index is 7.53. The molecule has 0 amide bonds. The van der Waals surface area contributed by atoms with E-state index in [9.17, 15) is 0 Å². The third kappa shape index (κ3) is 4.67. The molecule has 0 aliphatic heterocycles. The van der Waals surface area contributed by atoms with Gasteiger partial charge < -0.3 is 10.6 Å². The number of nitrogens with zero attached hydrogens (tertiary/aromatic N) is 1. The van der Waals surface area contributed by atoms with Gasteiger partial charge in [-0.05, 0) is 37.7 Å². The van der Waals surface area contributed by atoms with Crippen LogP contribution in [0.15, 0.2) is 24.3 Å². The number of halogens is 1. The molecule has 0 spiro atoms. The Kier molecular flexibility index (Phi) is 5.17. The van der Waals surface area contributed by atoms with E-state index in [4.69, 9.17) is 22.7 Å². The summed E-state index contributed by atoms with van der Waals surface area (Å²) in [4.78, 5) is 2.23. The lowest BCUT2D eigenvalue weighted by Gasteiger charge is -2.26. The highest BCUT2D eigenvalue weighted by Gasteiger charge is 2.21. The molecule has 18 heavy (non-hydrogen) atoms. The SMILES string of the molecule is CN(CCC(C)(C)C(=N)N)Cc1ccc(Cl)cc1. The molecule has 3 nitrogen and oxygen atoms in total. The summed E-state index contributed by atoms with van der Waals surface area (Å²) in [5.74, 6) is 0.252. The number of benzene rings is 1. The molecule has 0 radical (unpaired) electrons. The van der Waals surface area contributed by atoms with Crippen molar-refractivity contribution >= 4 is 17.4 Å². The van der Waals surface area contributed by atoms with Crippen molar-refractivity contribution < 1.29 is 0 Å². The summed E-state index contributed by atoms with van der Waals surface area (Å²) < 4.78 is 0. The second-order valence-corrected chi connectivity index (χ2v) is 5.85. The van der Waals surface area contributed by atoms with Gasteiger partial charge in [0.25, 0.3) is 0 Å². The van der Waals surface area contributed by atoms with Gasteiger partial charge in [0.2, 0.25) is 0 Å². The standard InChI is InChI=1S/C14H22ClN3/c1-14(2,13(16)17)8-9-18(3)10-11-4-6-12(15)7-5-11/h4-7H,8-10H2,1-3H3,(H3,16,17). The molecule has 1 aromatic carbocycles. The molecule has 0 aliphatic rings. The molecule has 0 saturated carbocycles. The third-order valence-corrected chi connectivity index (χ3v) is 3.47. The number of hydrogen-bond donors (Lipinski definition) is 2. The van der Waals surface area contributed by atoms with Crippen molar-refractivity contribution in [3.05, 3.63) is 34.9 Å². The van der Waals surface area contributed by atoms with Crippen molar-refractivity contribution in [1.29, 1.82) is 5.41 Å². The van der Waals surface area contributed by atoms with E-state index in [2.05, 4.69) is 11.9 Å². The van der Waals surface area contributed by atoms with Crippen LogP contribution in [0.5, 0.6) is 0 Å². The minimum atomic E-state index is -0.228. The maximum absolute atomic E-state index is 7.53. The molecule has 0 fully saturated rings. The lowest BCUT2D eigenvalue weighted by Crippen LogP contribution is -2.34. The second kappa shape index (κ2) is 6.21. The van der Waals surface area contributed by atoms with Gasteiger partial charge in [-0.25, -0.2) is 0 Å². The Morgan fingerprint density at radius 1 is 1.33 bits per heavy atom. The Morgan fingerprint density at radius 3 is 2.39 bits per heavy atom. The highest BCUT2D eigenvalue weighted by atomic mass is 35.5. The number of hydrogen-bond acceptors (Lipinski definition) is 2. The quantitative estimate of drug-likeness (QED) is 0.615. The van der Waals surface area contributed by atoms with E-state index in [1.54, 1.807) is 0 Å². The van der Waals surface area contributed by atoms with Crippen molar-refractivity contribution in [3.63, 3.8) is 0 Å². The summed E-state index contributed by atoms with van der Waals surface area (Å²) in [5.41, 5.74) is 6.59. The van der Waals surface area contributed by atoms with Gasteiger partial charge in [-0.15, -0.1) is 0 Å². The minimum absolute atomic E-state index is 0.228. The molecule has 0 aliphatic carbocycles. The molecule has 0 aromatic heterocycles. The van der Waals surface area contributed by atoms with E-state index in [1.165, 1.54) is 5.56 Å². The van der Waals surface area contributed by atoms with Gasteiger partial charge in [0.05, 0.1) is 5.84 Å². The van der Waals surface area contributed by atoms with E-state index >= 15 is 0 Å². The van der Waals surface area contributed by atoms with Gasteiger partial charge in [0.15, 0.2) is 0 Å². The van der Waals surface area contributed by atoms with Gasteiger partial charge in [-0.2, -0.15) is 0 Å². The molecule has 0 saturated heterocycles. The predicted molar refractivity (Wildman–Crippen MR) is 78.1 cm³/mol. The topological polar surface area (TPSA) is 53.1 Å². The summed E-state index contributed by atoms with van der Waals surface area (Å²) in [5, 5.41) is 8.29. The van der Waals surface area contributed by atoms with Crippen molar-refractivity contribution in [2.45, 2.75) is 26.8 Å². The highest BCUT2D eigenvalue weighted by molar-refractivity contribution is 6.30. The fourth-order valence-corrected chi connectivity index (χ4v) is 1.71. The number of amidine groups is 1. The molecule has 4 heteroatoms. The van der Waals surface area contributed by atoms with Crippen LogP contribution < -0.4 is 5.73 Å². The van der Waals surface area contributed by atoms with Crippen LogP contribution in [0, 0.1) is 10.8 Å². The zero-order valence-corrected chi connectivity index (χ0v) is 12.1. The zero-order valence-electron chi connectivity index (χ0n) is 11.3. The average Bonchev–Trinajstić information content (AvgIpc) is 2.29. The van der Waals surface area contributed by atoms with E-state index in [0.29, 0.717) is 0 Å². The molecule has 3 N–H and O–H groups in total. The summed E-state index contributed by atoms with van der Waals surface area (Å²) >= 11 is 5.85. The van der Waals surface area contributed by atoms with E-state index < -0.39 is 0 Å². The number of rotatable bonds is 6. The van der Waals surface area contributed by atoms with Gasteiger partial charge in [-0.3, -0.25) is 5.41 Å². The van der Waals surface area contributed by atoms with Crippen LogP contribution in [0.25, 0.3) is 0 Å². The average molecular weight is 268 g/mol. The maximum Gasteiger partial charge on any atom is 0.0963 e. The van der Waals surface area contributed by atoms with Gasteiger partial charge in [0, 0.05) is 17.0 Å². The van der Waals surface area contributed by atoms with Crippen molar-refractivity contribution in [2.24, 2.45) is 11.1 Å². The lowest BCUT2D eigenvalue weighted by molar-refractivity contribution is 0.284. The fourth-order valence-electron chi connectivity index (χ4n) is 1.59. The first-order valence-electron chi connectivity index (χ1n) is 6.09. The zero-order chi connectivity index (χ0) is 13.8. The Balaban J connectivity index is 2.45. The number of nitrogens with one attached hydrogen (secondary N) is 1. The second-order valence-electron chi connectivity index (χ2n) is 5.41. The summed E-state index contributed by atoms with van der Waals surface area (Å²) in [7, 11) is 2.07. The minimum Gasteiger partial charge on any atom is -0.387 e. The van der Waals surface area contributed by atoms with Crippen molar-refractivity contribution in [2.75, 3.05) is 13.6 Å². The van der Waals surface area contributed by atoms with E-state index in [-0.39, 0.29) is 11.3 Å². The van der Waals surface area contributed by atoms with Gasteiger partial charge >= 0.3 is 0 Å². The third-order valence-electron chi connectivity index (χ3n) is 3.21. The summed E-state index contributed by atoms with van der Waals surface area (Å²) in [6.07, 6.45) is 0.881. The molecule has 1 rings (SSSR count). The molecule has 0 bridgehead atoms. The predicted octanol–water partition coefficient (Wildman–Crippen LogP) is 3.12. The molecule has 0 heterocycles. The van der Waals surface area contributed by atoms with E-state index in [1.807, 2.05) is 38.1 Å². The van der Waals surface area contributed by atoms with Crippen LogP contribution in [0.1, 0.15) is 25.8 Å². The van der Waals surface area contributed by atoms with Gasteiger partial charge in [0.1, 0.15) is 0 Å². The molecular weight excluding hydrogens is 246 g/mol. The summed E-state index contributed by atoms with van der Waals surface area (Å²) in [6, 6.07) is 7.89. The van der Waals surface area contributed by atoms with Crippen molar-refractivity contribution in [1.82, 2.24) is 4.90 Å². The van der Waals surface area contributed by atoms with E-state index in [0.717, 1.165) is 24.5 Å². The number of nitrogens with two attached hydrogens (primary N) is 1. The molecular formula is C14H22ClN3.